The van der Waals surface area contributed by atoms with Crippen LogP contribution < -0.4 is 10.6 Å². The van der Waals surface area contributed by atoms with E-state index in [2.05, 4.69) is 15.0 Å². The summed E-state index contributed by atoms with van der Waals surface area (Å²) in [6, 6.07) is 8.15. The molecule has 0 unspecified atom stereocenters. The van der Waals surface area contributed by atoms with E-state index in [1.165, 1.54) is 12.1 Å². The molecule has 0 atom stereocenters. The number of rotatable bonds is 6. The highest BCUT2D eigenvalue weighted by Gasteiger charge is 2.10. The zero-order valence-corrected chi connectivity index (χ0v) is 12.2. The third-order valence-corrected chi connectivity index (χ3v) is 3.76. The maximum Gasteiger partial charge on any atom is 0.269 e. The lowest BCUT2D eigenvalue weighted by molar-refractivity contribution is -0.384. The maximum absolute atomic E-state index is 10.5. The number of anilines is 2. The molecule has 0 saturated carbocycles. The number of nitro benzene ring substituents is 1. The van der Waals surface area contributed by atoms with Crippen molar-refractivity contribution >= 4 is 39.5 Å². The van der Waals surface area contributed by atoms with Gasteiger partial charge in [0, 0.05) is 30.9 Å². The standard InChI is InChI=1S/C12H10ClN5O2S/c13-11-10(7-14)12(21-17-11)16-6-5-15-8-1-3-9(4-2-8)18(19)20/h1-4,15-16H,5-6H2. The first kappa shape index (κ1) is 15.0. The first-order chi connectivity index (χ1) is 10.1. The molecule has 0 radical (unpaired) electrons. The van der Waals surface area contributed by atoms with Gasteiger partial charge in [-0.3, -0.25) is 10.1 Å². The van der Waals surface area contributed by atoms with E-state index in [1.807, 2.05) is 6.07 Å². The topological polar surface area (TPSA) is 104 Å². The summed E-state index contributed by atoms with van der Waals surface area (Å²) >= 11 is 6.89. The van der Waals surface area contributed by atoms with Gasteiger partial charge < -0.3 is 10.6 Å². The molecule has 0 aliphatic rings. The number of hydrogen-bond acceptors (Lipinski definition) is 7. The molecule has 0 bridgehead atoms. The van der Waals surface area contributed by atoms with E-state index >= 15 is 0 Å². The van der Waals surface area contributed by atoms with Gasteiger partial charge in [0.15, 0.2) is 5.15 Å². The quantitative estimate of drug-likeness (QED) is 0.481. The molecule has 0 aliphatic carbocycles. The van der Waals surface area contributed by atoms with Crippen molar-refractivity contribution in [2.24, 2.45) is 0 Å². The molecule has 1 heterocycles. The highest BCUT2D eigenvalue weighted by molar-refractivity contribution is 7.10. The molecule has 0 spiro atoms. The Kier molecular flexibility index (Phi) is 4.92. The van der Waals surface area contributed by atoms with Gasteiger partial charge in [0.2, 0.25) is 0 Å². The van der Waals surface area contributed by atoms with Gasteiger partial charge in [-0.2, -0.15) is 9.64 Å². The van der Waals surface area contributed by atoms with E-state index in [0.717, 1.165) is 17.2 Å². The average molecular weight is 324 g/mol. The lowest BCUT2D eigenvalue weighted by Crippen LogP contribution is -2.13. The largest absolute Gasteiger partial charge is 0.383 e. The monoisotopic (exact) mass is 323 g/mol. The van der Waals surface area contributed by atoms with Crippen LogP contribution >= 0.6 is 23.1 Å². The molecule has 21 heavy (non-hydrogen) atoms. The average Bonchev–Trinajstić information content (AvgIpc) is 2.84. The van der Waals surface area contributed by atoms with Crippen LogP contribution in [-0.2, 0) is 0 Å². The molecule has 0 saturated heterocycles. The number of non-ortho nitro benzene ring substituents is 1. The molecule has 0 amide bonds. The van der Waals surface area contributed by atoms with Gasteiger partial charge in [-0.05, 0) is 23.7 Å². The van der Waals surface area contributed by atoms with Crippen LogP contribution in [0.4, 0.5) is 16.4 Å². The SMILES string of the molecule is N#Cc1c(Cl)nsc1NCCNc1ccc([N+](=O)[O-])cc1. The molecule has 2 rings (SSSR count). The molecule has 2 aromatic rings. The molecule has 108 valence electrons. The summed E-state index contributed by atoms with van der Waals surface area (Å²) in [7, 11) is 0. The molecule has 1 aromatic heterocycles. The molecule has 0 fully saturated rings. The number of halogens is 1. The van der Waals surface area contributed by atoms with E-state index in [9.17, 15) is 10.1 Å². The summed E-state index contributed by atoms with van der Waals surface area (Å²) < 4.78 is 3.89. The number of nitro groups is 1. The van der Waals surface area contributed by atoms with Crippen LogP contribution in [0.2, 0.25) is 5.15 Å². The second kappa shape index (κ2) is 6.88. The molecule has 2 N–H and O–H groups in total. The fourth-order valence-corrected chi connectivity index (χ4v) is 2.53. The number of hydrogen-bond donors (Lipinski definition) is 2. The van der Waals surface area contributed by atoms with Gasteiger partial charge >= 0.3 is 0 Å². The van der Waals surface area contributed by atoms with Crippen molar-refractivity contribution in [3.8, 4) is 6.07 Å². The van der Waals surface area contributed by atoms with Crippen molar-refractivity contribution < 1.29 is 4.92 Å². The van der Waals surface area contributed by atoms with Crippen molar-refractivity contribution in [1.29, 1.82) is 5.26 Å². The van der Waals surface area contributed by atoms with E-state index in [0.29, 0.717) is 23.7 Å². The number of nitrogens with one attached hydrogen (secondary N) is 2. The first-order valence-electron chi connectivity index (χ1n) is 5.89. The van der Waals surface area contributed by atoms with Crippen LogP contribution in [-0.4, -0.2) is 22.4 Å². The summed E-state index contributed by atoms with van der Waals surface area (Å²) in [4.78, 5) is 10.1. The molecule has 7 nitrogen and oxygen atoms in total. The number of benzene rings is 1. The maximum atomic E-state index is 10.5. The lowest BCUT2D eigenvalue weighted by atomic mass is 10.3. The van der Waals surface area contributed by atoms with E-state index in [1.54, 1.807) is 12.1 Å². The van der Waals surface area contributed by atoms with Crippen molar-refractivity contribution in [1.82, 2.24) is 4.37 Å². The number of nitriles is 1. The predicted octanol–water partition coefficient (Wildman–Crippen LogP) is 3.10. The summed E-state index contributed by atoms with van der Waals surface area (Å²) in [5.74, 6) is 0. The molecule has 9 heteroatoms. The Bertz CT molecular complexity index is 680. The van der Waals surface area contributed by atoms with Crippen LogP contribution in [0.15, 0.2) is 24.3 Å². The minimum absolute atomic E-state index is 0.0524. The fraction of sp³-hybridized carbons (Fsp3) is 0.167. The normalized spacial score (nSPS) is 9.90. The summed E-state index contributed by atoms with van der Waals surface area (Å²) in [5.41, 5.74) is 1.18. The zero-order chi connectivity index (χ0) is 15.2. The molecular weight excluding hydrogens is 314 g/mol. The minimum atomic E-state index is -0.442. The van der Waals surface area contributed by atoms with Gasteiger partial charge in [-0.15, -0.1) is 0 Å². The smallest absolute Gasteiger partial charge is 0.269 e. The summed E-state index contributed by atoms with van der Waals surface area (Å²) in [5, 5.41) is 26.4. The summed E-state index contributed by atoms with van der Waals surface area (Å²) in [6.07, 6.45) is 0. The van der Waals surface area contributed by atoms with Crippen LogP contribution in [0.3, 0.4) is 0 Å². The number of nitrogens with zero attached hydrogens (tertiary/aromatic N) is 3. The van der Waals surface area contributed by atoms with Crippen LogP contribution in [0, 0.1) is 21.4 Å². The van der Waals surface area contributed by atoms with Gasteiger partial charge in [-0.25, -0.2) is 0 Å². The lowest BCUT2D eigenvalue weighted by Gasteiger charge is -2.07. The van der Waals surface area contributed by atoms with Gasteiger partial charge in [0.05, 0.1) is 4.92 Å². The molecule has 1 aromatic carbocycles. The van der Waals surface area contributed by atoms with Crippen molar-refractivity contribution in [3.63, 3.8) is 0 Å². The molecule has 0 aliphatic heterocycles. The Balaban J connectivity index is 1.82. The van der Waals surface area contributed by atoms with E-state index in [-0.39, 0.29) is 10.8 Å². The van der Waals surface area contributed by atoms with Crippen molar-refractivity contribution in [3.05, 3.63) is 45.1 Å². The summed E-state index contributed by atoms with van der Waals surface area (Å²) in [6.45, 7) is 1.14. The Morgan fingerprint density at radius 2 is 2.00 bits per heavy atom. The second-order valence-electron chi connectivity index (χ2n) is 3.95. The van der Waals surface area contributed by atoms with Gasteiger partial charge in [0.25, 0.3) is 5.69 Å². The highest BCUT2D eigenvalue weighted by Crippen LogP contribution is 2.27. The fourth-order valence-electron chi connectivity index (χ4n) is 1.57. The minimum Gasteiger partial charge on any atom is -0.383 e. The third-order valence-electron chi connectivity index (χ3n) is 2.58. The first-order valence-corrected chi connectivity index (χ1v) is 7.04. The van der Waals surface area contributed by atoms with E-state index in [4.69, 9.17) is 16.9 Å². The van der Waals surface area contributed by atoms with Gasteiger partial charge in [-0.1, -0.05) is 11.6 Å². The highest BCUT2D eigenvalue weighted by atomic mass is 35.5. The zero-order valence-electron chi connectivity index (χ0n) is 10.7. The van der Waals surface area contributed by atoms with Crippen molar-refractivity contribution in [2.75, 3.05) is 23.7 Å². The van der Waals surface area contributed by atoms with Crippen LogP contribution in [0.1, 0.15) is 5.56 Å². The van der Waals surface area contributed by atoms with Crippen LogP contribution in [0.5, 0.6) is 0 Å². The Morgan fingerprint density at radius 3 is 2.62 bits per heavy atom. The Labute approximate surface area is 129 Å². The molecular formula is C12H10ClN5O2S. The second-order valence-corrected chi connectivity index (χ2v) is 5.08. The Morgan fingerprint density at radius 1 is 1.33 bits per heavy atom. The third kappa shape index (κ3) is 3.81. The number of aromatic nitrogens is 1. The van der Waals surface area contributed by atoms with E-state index < -0.39 is 4.92 Å². The predicted molar refractivity (Wildman–Crippen MR) is 81.9 cm³/mol. The van der Waals surface area contributed by atoms with Crippen molar-refractivity contribution in [2.45, 2.75) is 0 Å². The Hall–Kier alpha value is -2.37. The van der Waals surface area contributed by atoms with Crippen LogP contribution in [0.25, 0.3) is 0 Å². The van der Waals surface area contributed by atoms with Gasteiger partial charge in [0.1, 0.15) is 16.6 Å².